The third-order valence-electron chi connectivity index (χ3n) is 5.25. The molecule has 1 atom stereocenters. The second kappa shape index (κ2) is 8.83. The number of alkyl halides is 3. The Morgan fingerprint density at radius 1 is 1.16 bits per heavy atom. The molecule has 1 heterocycles. The molecule has 4 nitrogen and oxygen atoms in total. The predicted octanol–water partition coefficient (Wildman–Crippen LogP) is 6.84. The van der Waals surface area contributed by atoms with Gasteiger partial charge in [0.1, 0.15) is 0 Å². The van der Waals surface area contributed by atoms with Crippen LogP contribution in [0.15, 0.2) is 45.4 Å². The van der Waals surface area contributed by atoms with Crippen molar-refractivity contribution in [3.8, 4) is 0 Å². The van der Waals surface area contributed by atoms with Gasteiger partial charge in [-0.15, -0.1) is 0 Å². The number of amides is 1. The number of hydrogen-bond donors (Lipinski definition) is 2. The van der Waals surface area contributed by atoms with E-state index in [2.05, 4.69) is 42.7 Å². The molecule has 1 saturated carbocycles. The van der Waals surface area contributed by atoms with Crippen molar-refractivity contribution >= 4 is 66.7 Å². The van der Waals surface area contributed by atoms with E-state index in [-0.39, 0.29) is 37.6 Å². The fraction of sp³-hybridized carbons (Fsp3) is 0.286. The number of carbonyl (C=O) groups is 1. The van der Waals surface area contributed by atoms with Gasteiger partial charge in [0, 0.05) is 38.1 Å². The molecule has 4 rings (SSSR count). The molecule has 0 radical (unpaired) electrons. The highest BCUT2D eigenvalue weighted by Gasteiger charge is 2.64. The maximum absolute atomic E-state index is 14.3. The summed E-state index contributed by atoms with van der Waals surface area (Å²) in [5.74, 6) is 0.0944. The van der Waals surface area contributed by atoms with Gasteiger partial charge < -0.3 is 5.32 Å². The molecule has 0 spiro atoms. The molecule has 11 heteroatoms. The van der Waals surface area contributed by atoms with Crippen LogP contribution in [0.4, 0.5) is 13.2 Å². The molecular weight excluding hydrogens is 600 g/mol. The van der Waals surface area contributed by atoms with Crippen LogP contribution in [0.5, 0.6) is 0 Å². The van der Waals surface area contributed by atoms with Crippen LogP contribution in [-0.4, -0.2) is 12.1 Å². The summed E-state index contributed by atoms with van der Waals surface area (Å²) in [6.07, 6.45) is -3.03. The van der Waals surface area contributed by atoms with Gasteiger partial charge in [-0.2, -0.15) is 13.2 Å². The van der Waals surface area contributed by atoms with Gasteiger partial charge in [-0.05, 0) is 58.6 Å². The summed E-state index contributed by atoms with van der Waals surface area (Å²) in [6.45, 7) is 0.313. The Hall–Kier alpha value is -1.26. The largest absolute Gasteiger partial charge is 0.429 e. The molecule has 2 aromatic carbocycles. The van der Waals surface area contributed by atoms with Gasteiger partial charge in [0.05, 0.1) is 10.2 Å². The first-order valence-corrected chi connectivity index (χ1v) is 11.8. The Morgan fingerprint density at radius 2 is 1.81 bits per heavy atom. The van der Waals surface area contributed by atoms with Gasteiger partial charge in [0.2, 0.25) is 11.5 Å². The predicted molar refractivity (Wildman–Crippen MR) is 123 cm³/mol. The quantitative estimate of drug-likeness (QED) is 0.388. The number of hydroxylamine groups is 1. The smallest absolute Gasteiger partial charge is 0.352 e. The lowest BCUT2D eigenvalue weighted by atomic mass is 9.91. The van der Waals surface area contributed by atoms with E-state index >= 15 is 0 Å². The summed E-state index contributed by atoms with van der Waals surface area (Å²) in [4.78, 5) is 17.0. The Labute approximate surface area is 208 Å². The maximum atomic E-state index is 14.3. The SMILES string of the molecule is O=C(NCc1ccc(C2=C(Br)C(c3cc(Cl)cc(Cl)c3)(C(F)(F)F)ON2)cc1Br)C1CC1. The molecular formula is C21H15Br2Cl2F3N2O2. The molecule has 1 unspecified atom stereocenters. The van der Waals surface area contributed by atoms with E-state index in [1.165, 1.54) is 6.07 Å². The Kier molecular flexibility index (Phi) is 6.59. The van der Waals surface area contributed by atoms with Crippen molar-refractivity contribution in [2.45, 2.75) is 31.2 Å². The standard InChI is InChI=1S/C21H15Br2Cl2F3N2O2/c22-16-5-11(3-4-12(16)9-29-19(31)10-1-2-10)17-18(23)20(32-30-17,21(26,27)28)13-6-14(24)8-15(25)7-13/h3-8,10,30H,1-2,9H2,(H,29,31). The van der Waals surface area contributed by atoms with Gasteiger partial charge in [-0.1, -0.05) is 51.3 Å². The first kappa shape index (κ1) is 23.9. The average molecular weight is 615 g/mol. The van der Waals surface area contributed by atoms with Gasteiger partial charge in [-0.3, -0.25) is 10.3 Å². The maximum Gasteiger partial charge on any atom is 0.429 e. The Bertz CT molecular complexity index is 1100. The van der Waals surface area contributed by atoms with Crippen molar-refractivity contribution in [2.24, 2.45) is 5.92 Å². The molecule has 1 aliphatic carbocycles. The topological polar surface area (TPSA) is 50.4 Å². The lowest BCUT2D eigenvalue weighted by Crippen LogP contribution is -2.44. The van der Waals surface area contributed by atoms with Crippen LogP contribution in [0.25, 0.3) is 5.70 Å². The Morgan fingerprint density at radius 3 is 2.38 bits per heavy atom. The fourth-order valence-electron chi connectivity index (χ4n) is 3.39. The van der Waals surface area contributed by atoms with Crippen LogP contribution in [-0.2, 0) is 21.8 Å². The highest BCUT2D eigenvalue weighted by Crippen LogP contribution is 2.55. The average Bonchev–Trinajstić information content (AvgIpc) is 3.48. The highest BCUT2D eigenvalue weighted by molar-refractivity contribution is 9.12. The molecule has 2 N–H and O–H groups in total. The van der Waals surface area contributed by atoms with E-state index in [9.17, 15) is 18.0 Å². The summed E-state index contributed by atoms with van der Waals surface area (Å²) in [6, 6.07) is 8.69. The molecule has 0 aromatic heterocycles. The monoisotopic (exact) mass is 612 g/mol. The number of nitrogens with one attached hydrogen (secondary N) is 2. The van der Waals surface area contributed by atoms with Crippen molar-refractivity contribution in [1.29, 1.82) is 0 Å². The minimum atomic E-state index is -4.83. The van der Waals surface area contributed by atoms with Crippen LogP contribution in [0.2, 0.25) is 10.0 Å². The highest BCUT2D eigenvalue weighted by atomic mass is 79.9. The van der Waals surface area contributed by atoms with Gasteiger partial charge in [0.15, 0.2) is 0 Å². The van der Waals surface area contributed by atoms with E-state index in [1.807, 2.05) is 0 Å². The van der Waals surface area contributed by atoms with Gasteiger partial charge in [-0.25, -0.2) is 4.84 Å². The minimum Gasteiger partial charge on any atom is -0.352 e. The molecule has 170 valence electrons. The molecule has 1 aliphatic heterocycles. The third-order valence-corrected chi connectivity index (χ3v) is 7.38. The fourth-order valence-corrected chi connectivity index (χ4v) is 5.28. The summed E-state index contributed by atoms with van der Waals surface area (Å²) in [5, 5.41) is 2.96. The zero-order valence-electron chi connectivity index (χ0n) is 16.1. The zero-order chi connectivity index (χ0) is 23.3. The third kappa shape index (κ3) is 4.42. The van der Waals surface area contributed by atoms with Crippen molar-refractivity contribution in [2.75, 3.05) is 0 Å². The van der Waals surface area contributed by atoms with Gasteiger partial charge >= 0.3 is 6.18 Å². The zero-order valence-corrected chi connectivity index (χ0v) is 20.8. The van der Waals surface area contributed by atoms with E-state index < -0.39 is 11.8 Å². The molecule has 2 aromatic rings. The number of halogens is 7. The number of hydrogen-bond acceptors (Lipinski definition) is 3. The van der Waals surface area contributed by atoms with Crippen LogP contribution < -0.4 is 10.8 Å². The second-order valence-electron chi connectivity index (χ2n) is 7.53. The van der Waals surface area contributed by atoms with E-state index in [1.54, 1.807) is 18.2 Å². The van der Waals surface area contributed by atoms with E-state index in [0.717, 1.165) is 30.5 Å². The Balaban J connectivity index is 1.69. The van der Waals surface area contributed by atoms with Crippen LogP contribution >= 0.6 is 55.1 Å². The minimum absolute atomic E-state index is 0.00688. The first-order valence-electron chi connectivity index (χ1n) is 9.47. The van der Waals surface area contributed by atoms with E-state index in [4.69, 9.17) is 28.0 Å². The summed E-state index contributed by atoms with van der Waals surface area (Å²) >= 11 is 18.5. The molecule has 1 amide bonds. The van der Waals surface area contributed by atoms with Crippen LogP contribution in [0.1, 0.15) is 29.5 Å². The molecule has 2 aliphatic rings. The number of benzene rings is 2. The lowest BCUT2D eigenvalue weighted by molar-refractivity contribution is -0.270. The molecule has 1 fully saturated rings. The normalized spacial score (nSPS) is 21.0. The summed E-state index contributed by atoms with van der Waals surface area (Å²) in [7, 11) is 0. The summed E-state index contributed by atoms with van der Waals surface area (Å²) in [5.41, 5.74) is 0.655. The molecule has 0 bridgehead atoms. The van der Waals surface area contributed by atoms with Crippen molar-refractivity contribution in [1.82, 2.24) is 10.8 Å². The second-order valence-corrected chi connectivity index (χ2v) is 10.0. The van der Waals surface area contributed by atoms with Crippen LogP contribution in [0.3, 0.4) is 0 Å². The first-order chi connectivity index (χ1) is 15.0. The van der Waals surface area contributed by atoms with Crippen molar-refractivity contribution in [3.63, 3.8) is 0 Å². The van der Waals surface area contributed by atoms with E-state index in [0.29, 0.717) is 16.6 Å². The van der Waals surface area contributed by atoms with Crippen LogP contribution in [0, 0.1) is 5.92 Å². The molecule has 0 saturated heterocycles. The number of rotatable bonds is 5. The molecule has 32 heavy (non-hydrogen) atoms. The lowest BCUT2D eigenvalue weighted by Gasteiger charge is -2.30. The van der Waals surface area contributed by atoms with Crippen molar-refractivity contribution in [3.05, 3.63) is 72.1 Å². The van der Waals surface area contributed by atoms with Gasteiger partial charge in [0.25, 0.3) is 0 Å². The number of carbonyl (C=O) groups excluding carboxylic acids is 1. The summed E-state index contributed by atoms with van der Waals surface area (Å²) < 4.78 is 43.4. The van der Waals surface area contributed by atoms with Crippen molar-refractivity contribution < 1.29 is 22.8 Å².